The first-order valence-corrected chi connectivity index (χ1v) is 10.2. The molecule has 0 rings (SSSR count). The molecule has 0 aromatic heterocycles. The van der Waals surface area contributed by atoms with Gasteiger partial charge in [0.25, 0.3) is 0 Å². The van der Waals surface area contributed by atoms with Crippen LogP contribution in [-0.2, 0) is 19.1 Å². The topological polar surface area (TPSA) is 52.6 Å². The highest BCUT2D eigenvalue weighted by molar-refractivity contribution is 5.99. The summed E-state index contributed by atoms with van der Waals surface area (Å²) in [6, 6.07) is 0. The normalized spacial score (nSPS) is 12.9. The van der Waals surface area contributed by atoms with Gasteiger partial charge < -0.3 is 9.47 Å². The number of esters is 2. The smallest absolute Gasteiger partial charge is 0.323 e. The molecule has 0 saturated heterocycles. The molecule has 0 aromatic rings. The molecule has 0 aliphatic carbocycles. The lowest BCUT2D eigenvalue weighted by Crippen LogP contribution is -2.41. The van der Waals surface area contributed by atoms with Crippen molar-refractivity contribution in [2.45, 2.75) is 92.9 Å². The fourth-order valence-electron chi connectivity index (χ4n) is 2.87. The molecule has 0 saturated carbocycles. The summed E-state index contributed by atoms with van der Waals surface area (Å²) in [6.07, 6.45) is 7.05. The first kappa shape index (κ1) is 23.9. The third-order valence-electron chi connectivity index (χ3n) is 5.04. The van der Waals surface area contributed by atoms with Crippen molar-refractivity contribution in [3.05, 3.63) is 0 Å². The Labute approximate surface area is 155 Å². The molecule has 1 atom stereocenters. The quantitative estimate of drug-likeness (QED) is 0.233. The second-order valence-electron chi connectivity index (χ2n) is 7.63. The Kier molecular flexibility index (Phi) is 12.6. The maximum atomic E-state index is 12.6. The van der Waals surface area contributed by atoms with Crippen LogP contribution in [0.15, 0.2) is 0 Å². The van der Waals surface area contributed by atoms with Crippen LogP contribution in [-0.4, -0.2) is 25.2 Å². The Bertz CT molecular complexity index is 372. The highest BCUT2D eigenvalue weighted by Crippen LogP contribution is 2.30. The summed E-state index contributed by atoms with van der Waals surface area (Å²) in [6.45, 7) is 13.2. The zero-order valence-corrected chi connectivity index (χ0v) is 17.4. The van der Waals surface area contributed by atoms with Gasteiger partial charge in [-0.3, -0.25) is 9.59 Å². The van der Waals surface area contributed by atoms with Crippen molar-refractivity contribution < 1.29 is 19.1 Å². The molecule has 25 heavy (non-hydrogen) atoms. The minimum absolute atomic E-state index is 0.372. The maximum Gasteiger partial charge on any atom is 0.323 e. The Hall–Kier alpha value is -1.06. The molecule has 1 unspecified atom stereocenters. The molecular weight excluding hydrogens is 316 g/mol. The van der Waals surface area contributed by atoms with Gasteiger partial charge in [0.05, 0.1) is 13.2 Å². The Morgan fingerprint density at radius 2 is 1.36 bits per heavy atom. The van der Waals surface area contributed by atoms with Crippen LogP contribution in [0.2, 0.25) is 0 Å². The van der Waals surface area contributed by atoms with Crippen molar-refractivity contribution >= 4 is 11.9 Å². The van der Waals surface area contributed by atoms with Crippen molar-refractivity contribution in [2.24, 2.45) is 17.3 Å². The molecule has 0 bridgehead atoms. The van der Waals surface area contributed by atoms with E-state index in [2.05, 4.69) is 20.8 Å². The zero-order chi connectivity index (χ0) is 19.3. The number of ether oxygens (including phenoxy) is 2. The number of hydrogen-bond acceptors (Lipinski definition) is 4. The molecule has 0 heterocycles. The molecule has 0 fully saturated rings. The van der Waals surface area contributed by atoms with Crippen LogP contribution in [0.25, 0.3) is 0 Å². The van der Waals surface area contributed by atoms with Gasteiger partial charge in [0, 0.05) is 0 Å². The number of carbonyl (C=O) groups is 2. The fourth-order valence-corrected chi connectivity index (χ4v) is 2.87. The minimum Gasteiger partial charge on any atom is -0.465 e. The van der Waals surface area contributed by atoms with Crippen LogP contribution in [0.4, 0.5) is 0 Å². The highest BCUT2D eigenvalue weighted by Gasteiger charge is 2.45. The Balaban J connectivity index is 4.42. The van der Waals surface area contributed by atoms with Gasteiger partial charge in [-0.25, -0.2) is 0 Å². The van der Waals surface area contributed by atoms with E-state index in [4.69, 9.17) is 9.47 Å². The minimum atomic E-state index is -1.14. The van der Waals surface area contributed by atoms with Crippen molar-refractivity contribution in [2.75, 3.05) is 13.2 Å². The maximum absolute atomic E-state index is 12.6. The average molecular weight is 357 g/mol. The van der Waals surface area contributed by atoms with E-state index in [0.29, 0.717) is 32.0 Å². The van der Waals surface area contributed by atoms with E-state index in [-0.39, 0.29) is 0 Å². The SMILES string of the molecule is CCCCOC(=O)C(CC)(CC)C(=O)OCCC(C)CCCC(C)C. The van der Waals surface area contributed by atoms with E-state index in [1.807, 2.05) is 20.8 Å². The summed E-state index contributed by atoms with van der Waals surface area (Å²) in [5.41, 5.74) is -1.14. The molecule has 0 aromatic carbocycles. The fraction of sp³-hybridized carbons (Fsp3) is 0.905. The molecule has 0 radical (unpaired) electrons. The second kappa shape index (κ2) is 13.2. The van der Waals surface area contributed by atoms with Gasteiger partial charge in [0.15, 0.2) is 5.41 Å². The monoisotopic (exact) mass is 356 g/mol. The lowest BCUT2D eigenvalue weighted by molar-refractivity contribution is -0.173. The van der Waals surface area contributed by atoms with Gasteiger partial charge in [0.2, 0.25) is 0 Å². The largest absolute Gasteiger partial charge is 0.465 e. The molecule has 148 valence electrons. The number of carbonyl (C=O) groups excluding carboxylic acids is 2. The van der Waals surface area contributed by atoms with Crippen LogP contribution in [0.3, 0.4) is 0 Å². The molecule has 0 amide bonds. The van der Waals surface area contributed by atoms with Crippen LogP contribution in [0.5, 0.6) is 0 Å². The lowest BCUT2D eigenvalue weighted by Gasteiger charge is -2.27. The predicted molar refractivity (Wildman–Crippen MR) is 102 cm³/mol. The summed E-state index contributed by atoms with van der Waals surface area (Å²) in [5.74, 6) is 0.411. The van der Waals surface area contributed by atoms with E-state index < -0.39 is 17.4 Å². The first-order valence-electron chi connectivity index (χ1n) is 10.2. The van der Waals surface area contributed by atoms with Gasteiger partial charge in [-0.1, -0.05) is 67.2 Å². The third-order valence-corrected chi connectivity index (χ3v) is 5.04. The van der Waals surface area contributed by atoms with E-state index in [1.165, 1.54) is 12.8 Å². The Morgan fingerprint density at radius 1 is 0.800 bits per heavy atom. The van der Waals surface area contributed by atoms with Gasteiger partial charge >= 0.3 is 11.9 Å². The number of hydrogen-bond donors (Lipinski definition) is 0. The molecule has 0 spiro atoms. The van der Waals surface area contributed by atoms with Crippen LogP contribution >= 0.6 is 0 Å². The van der Waals surface area contributed by atoms with Crippen LogP contribution < -0.4 is 0 Å². The summed E-state index contributed by atoms with van der Waals surface area (Å²) in [4.78, 5) is 25.0. The van der Waals surface area contributed by atoms with Crippen LogP contribution in [0, 0.1) is 17.3 Å². The van der Waals surface area contributed by atoms with Crippen LogP contribution in [0.1, 0.15) is 92.9 Å². The second-order valence-corrected chi connectivity index (χ2v) is 7.63. The Morgan fingerprint density at radius 3 is 1.84 bits per heavy atom. The van der Waals surface area contributed by atoms with Crippen molar-refractivity contribution in [3.8, 4) is 0 Å². The molecule has 0 aliphatic rings. The first-order chi connectivity index (χ1) is 11.8. The standard InChI is InChI=1S/C21H40O4/c1-7-10-15-24-19(22)21(8-2,9-3)20(23)25-16-14-18(6)13-11-12-17(4)5/h17-18H,7-16H2,1-6H3. The van der Waals surface area contributed by atoms with E-state index in [0.717, 1.165) is 31.6 Å². The summed E-state index contributed by atoms with van der Waals surface area (Å²) in [5, 5.41) is 0. The predicted octanol–water partition coefficient (Wildman–Crippen LogP) is 5.53. The number of rotatable bonds is 14. The summed E-state index contributed by atoms with van der Waals surface area (Å²) < 4.78 is 10.8. The zero-order valence-electron chi connectivity index (χ0n) is 17.4. The molecule has 0 N–H and O–H groups in total. The highest BCUT2D eigenvalue weighted by atomic mass is 16.6. The summed E-state index contributed by atoms with van der Waals surface area (Å²) in [7, 11) is 0. The molecule has 0 aliphatic heterocycles. The van der Waals surface area contributed by atoms with Gasteiger partial charge in [0.1, 0.15) is 0 Å². The van der Waals surface area contributed by atoms with Gasteiger partial charge in [-0.05, 0) is 37.5 Å². The lowest BCUT2D eigenvalue weighted by atomic mass is 9.82. The molecule has 4 nitrogen and oxygen atoms in total. The molecular formula is C21H40O4. The van der Waals surface area contributed by atoms with Gasteiger partial charge in [-0.2, -0.15) is 0 Å². The third kappa shape index (κ3) is 8.73. The molecule has 4 heteroatoms. The van der Waals surface area contributed by atoms with Gasteiger partial charge in [-0.15, -0.1) is 0 Å². The van der Waals surface area contributed by atoms with Crippen molar-refractivity contribution in [1.82, 2.24) is 0 Å². The summed E-state index contributed by atoms with van der Waals surface area (Å²) >= 11 is 0. The van der Waals surface area contributed by atoms with E-state index in [1.54, 1.807) is 0 Å². The van der Waals surface area contributed by atoms with E-state index >= 15 is 0 Å². The van der Waals surface area contributed by atoms with Crippen molar-refractivity contribution in [1.29, 1.82) is 0 Å². The van der Waals surface area contributed by atoms with Crippen molar-refractivity contribution in [3.63, 3.8) is 0 Å². The number of unbranched alkanes of at least 4 members (excludes halogenated alkanes) is 1. The van der Waals surface area contributed by atoms with E-state index in [9.17, 15) is 9.59 Å². The average Bonchev–Trinajstić information content (AvgIpc) is 2.56.